The summed E-state index contributed by atoms with van der Waals surface area (Å²) in [5.41, 5.74) is 1.62. The van der Waals surface area contributed by atoms with Gasteiger partial charge in [-0.25, -0.2) is 0 Å². The lowest BCUT2D eigenvalue weighted by Gasteiger charge is -2.26. The van der Waals surface area contributed by atoms with E-state index in [2.05, 4.69) is 6.92 Å². The zero-order valence-corrected chi connectivity index (χ0v) is 22.8. The molecule has 4 rings (SSSR count). The molecule has 1 saturated heterocycles. The van der Waals surface area contributed by atoms with Crippen molar-refractivity contribution in [3.8, 4) is 17.2 Å². The van der Waals surface area contributed by atoms with Gasteiger partial charge in [0.25, 0.3) is 11.7 Å². The fraction of sp³-hybridized carbons (Fsp3) is 0.312. The summed E-state index contributed by atoms with van der Waals surface area (Å²) in [6.45, 7) is 6.63. The molecule has 1 aliphatic rings. The van der Waals surface area contributed by atoms with Crippen LogP contribution in [0.15, 0.2) is 78.4 Å². The van der Waals surface area contributed by atoms with Gasteiger partial charge in [-0.1, -0.05) is 31.9 Å². The molecule has 0 radical (unpaired) electrons. The summed E-state index contributed by atoms with van der Waals surface area (Å²) < 4.78 is 16.8. The second-order valence-electron chi connectivity index (χ2n) is 9.68. The maximum absolute atomic E-state index is 13.4. The highest BCUT2D eigenvalue weighted by atomic mass is 16.5. The predicted octanol–water partition coefficient (Wildman–Crippen LogP) is 6.68. The molecule has 39 heavy (non-hydrogen) atoms. The molecule has 1 atom stereocenters. The van der Waals surface area contributed by atoms with Gasteiger partial charge in [-0.2, -0.15) is 0 Å². The SMILES string of the molecule is CCCCCOc1ccc(/C(O)=C2\C(=O)C(=O)N(c3ccc(OC)cc3)C2c2ccc(OC(C)C)cc2)cc1. The molecule has 3 aromatic carbocycles. The lowest BCUT2D eigenvalue weighted by atomic mass is 9.95. The number of Topliss-reactive ketones (excluding diaryl/α,β-unsaturated/α-hetero) is 1. The van der Waals surface area contributed by atoms with E-state index in [9.17, 15) is 14.7 Å². The predicted molar refractivity (Wildman–Crippen MR) is 151 cm³/mol. The van der Waals surface area contributed by atoms with E-state index in [1.165, 1.54) is 4.90 Å². The Kier molecular flexibility index (Phi) is 8.92. The van der Waals surface area contributed by atoms with Crippen LogP contribution in [-0.4, -0.2) is 36.6 Å². The molecule has 0 saturated carbocycles. The van der Waals surface area contributed by atoms with Crippen molar-refractivity contribution in [2.45, 2.75) is 52.2 Å². The lowest BCUT2D eigenvalue weighted by Crippen LogP contribution is -2.29. The summed E-state index contributed by atoms with van der Waals surface area (Å²) in [4.78, 5) is 28.2. The van der Waals surface area contributed by atoms with Crippen LogP contribution in [0.5, 0.6) is 17.2 Å². The topological polar surface area (TPSA) is 85.3 Å². The number of benzene rings is 3. The Labute approximate surface area is 229 Å². The number of carbonyl (C=O) groups excluding carboxylic acids is 2. The molecule has 0 aliphatic carbocycles. The molecule has 0 spiro atoms. The van der Waals surface area contributed by atoms with Gasteiger partial charge in [0.2, 0.25) is 0 Å². The number of nitrogens with zero attached hydrogens (tertiary/aromatic N) is 1. The number of ether oxygens (including phenoxy) is 3. The number of amides is 1. The van der Waals surface area contributed by atoms with Gasteiger partial charge in [0, 0.05) is 11.3 Å². The van der Waals surface area contributed by atoms with E-state index in [1.807, 2.05) is 26.0 Å². The quantitative estimate of drug-likeness (QED) is 0.129. The first-order chi connectivity index (χ1) is 18.8. The average Bonchev–Trinajstić information content (AvgIpc) is 3.21. The molecule has 204 valence electrons. The van der Waals surface area contributed by atoms with E-state index in [-0.39, 0.29) is 17.4 Å². The number of aliphatic hydroxyl groups excluding tert-OH is 1. The first kappa shape index (κ1) is 27.8. The fourth-order valence-electron chi connectivity index (χ4n) is 4.56. The van der Waals surface area contributed by atoms with Crippen LogP contribution in [-0.2, 0) is 9.59 Å². The van der Waals surface area contributed by atoms with Crippen LogP contribution < -0.4 is 19.1 Å². The molecular weight excluding hydrogens is 494 g/mol. The zero-order chi connectivity index (χ0) is 27.9. The number of anilines is 1. The summed E-state index contributed by atoms with van der Waals surface area (Å²) in [7, 11) is 1.56. The smallest absolute Gasteiger partial charge is 0.300 e. The average molecular weight is 530 g/mol. The Morgan fingerprint density at radius 1 is 0.872 bits per heavy atom. The van der Waals surface area contributed by atoms with Crippen molar-refractivity contribution in [3.63, 3.8) is 0 Å². The molecule has 0 bridgehead atoms. The Morgan fingerprint density at radius 2 is 1.49 bits per heavy atom. The van der Waals surface area contributed by atoms with Crippen molar-refractivity contribution in [2.24, 2.45) is 0 Å². The van der Waals surface area contributed by atoms with Gasteiger partial charge in [-0.3, -0.25) is 14.5 Å². The van der Waals surface area contributed by atoms with E-state index in [0.717, 1.165) is 19.3 Å². The normalized spacial score (nSPS) is 16.5. The number of ketones is 1. The van der Waals surface area contributed by atoms with Gasteiger partial charge in [-0.05, 0) is 86.5 Å². The minimum absolute atomic E-state index is 0.000573. The third-order valence-corrected chi connectivity index (χ3v) is 6.51. The van der Waals surface area contributed by atoms with Crippen molar-refractivity contribution < 1.29 is 28.9 Å². The van der Waals surface area contributed by atoms with Crippen LogP contribution in [0.4, 0.5) is 5.69 Å². The molecule has 1 N–H and O–H groups in total. The Hall–Kier alpha value is -4.26. The van der Waals surface area contributed by atoms with Gasteiger partial charge in [-0.15, -0.1) is 0 Å². The number of aliphatic hydroxyl groups is 1. The maximum Gasteiger partial charge on any atom is 0.300 e. The fourth-order valence-corrected chi connectivity index (χ4v) is 4.56. The van der Waals surface area contributed by atoms with Crippen LogP contribution in [0, 0.1) is 0 Å². The number of unbranched alkanes of at least 4 members (excludes halogenated alkanes) is 2. The van der Waals surface area contributed by atoms with Crippen LogP contribution in [0.3, 0.4) is 0 Å². The van der Waals surface area contributed by atoms with E-state index < -0.39 is 17.7 Å². The van der Waals surface area contributed by atoms with Gasteiger partial charge in [0.1, 0.15) is 23.0 Å². The van der Waals surface area contributed by atoms with Gasteiger partial charge >= 0.3 is 0 Å². The monoisotopic (exact) mass is 529 g/mol. The lowest BCUT2D eigenvalue weighted by molar-refractivity contribution is -0.132. The molecule has 1 fully saturated rings. The van der Waals surface area contributed by atoms with Crippen LogP contribution >= 0.6 is 0 Å². The third kappa shape index (κ3) is 6.25. The summed E-state index contributed by atoms with van der Waals surface area (Å²) in [5.74, 6) is 0.262. The Bertz CT molecular complexity index is 1310. The largest absolute Gasteiger partial charge is 0.507 e. The first-order valence-electron chi connectivity index (χ1n) is 13.3. The standard InChI is InChI=1S/C32H35NO6/c1-5-6-7-20-38-26-14-10-23(11-15-26)30(34)28-29(22-8-16-27(17-9-22)39-21(2)3)33(32(36)31(28)35)24-12-18-25(37-4)19-13-24/h8-19,21,29,34H,5-7,20H2,1-4H3/b30-28+. The maximum atomic E-state index is 13.4. The Balaban J connectivity index is 1.74. The molecule has 1 aliphatic heterocycles. The van der Waals surface area contributed by atoms with Gasteiger partial charge in [0.05, 0.1) is 31.4 Å². The second-order valence-corrected chi connectivity index (χ2v) is 9.68. The Morgan fingerprint density at radius 3 is 2.08 bits per heavy atom. The summed E-state index contributed by atoms with van der Waals surface area (Å²) in [5, 5.41) is 11.4. The van der Waals surface area contributed by atoms with Crippen LogP contribution in [0.2, 0.25) is 0 Å². The molecule has 3 aromatic rings. The molecular formula is C32H35NO6. The number of methoxy groups -OCH3 is 1. The van der Waals surface area contributed by atoms with Gasteiger partial charge < -0.3 is 19.3 Å². The van der Waals surface area contributed by atoms with E-state index in [1.54, 1.807) is 67.8 Å². The molecule has 1 unspecified atom stereocenters. The number of hydrogen-bond acceptors (Lipinski definition) is 6. The number of hydrogen-bond donors (Lipinski definition) is 1. The van der Waals surface area contributed by atoms with E-state index >= 15 is 0 Å². The minimum atomic E-state index is -0.837. The minimum Gasteiger partial charge on any atom is -0.507 e. The molecule has 1 amide bonds. The highest BCUT2D eigenvalue weighted by Crippen LogP contribution is 2.43. The summed E-state index contributed by atoms with van der Waals surface area (Å²) >= 11 is 0. The molecule has 7 heteroatoms. The van der Waals surface area contributed by atoms with Crippen molar-refractivity contribution >= 4 is 23.1 Å². The molecule has 1 heterocycles. The molecule has 7 nitrogen and oxygen atoms in total. The molecule has 0 aromatic heterocycles. The van der Waals surface area contributed by atoms with Crippen molar-refractivity contribution in [3.05, 3.63) is 89.5 Å². The zero-order valence-electron chi connectivity index (χ0n) is 22.8. The second kappa shape index (κ2) is 12.5. The number of rotatable bonds is 11. The van der Waals surface area contributed by atoms with Crippen LogP contribution in [0.25, 0.3) is 5.76 Å². The number of carbonyl (C=O) groups is 2. The third-order valence-electron chi connectivity index (χ3n) is 6.51. The van der Waals surface area contributed by atoms with Crippen LogP contribution in [0.1, 0.15) is 57.2 Å². The summed E-state index contributed by atoms with van der Waals surface area (Å²) in [6, 6.07) is 20.2. The van der Waals surface area contributed by atoms with E-state index in [4.69, 9.17) is 14.2 Å². The van der Waals surface area contributed by atoms with Gasteiger partial charge in [0.15, 0.2) is 0 Å². The van der Waals surface area contributed by atoms with Crippen molar-refractivity contribution in [1.29, 1.82) is 0 Å². The highest BCUT2D eigenvalue weighted by Gasteiger charge is 2.47. The van der Waals surface area contributed by atoms with E-state index in [0.29, 0.717) is 40.7 Å². The van der Waals surface area contributed by atoms with Crippen molar-refractivity contribution in [1.82, 2.24) is 0 Å². The first-order valence-corrected chi connectivity index (χ1v) is 13.3. The summed E-state index contributed by atoms with van der Waals surface area (Å²) in [6.07, 6.45) is 3.17. The highest BCUT2D eigenvalue weighted by molar-refractivity contribution is 6.51. The van der Waals surface area contributed by atoms with Crippen molar-refractivity contribution in [2.75, 3.05) is 18.6 Å².